The number of halogens is 2. The molecule has 1 unspecified atom stereocenters. The Balaban J connectivity index is 2.53. The zero-order valence-electron chi connectivity index (χ0n) is 8.89. The van der Waals surface area contributed by atoms with Crippen LogP contribution in [0.3, 0.4) is 0 Å². The maximum Gasteiger partial charge on any atom is 0.128 e. The van der Waals surface area contributed by atoms with Crippen molar-refractivity contribution in [1.82, 2.24) is 5.32 Å². The van der Waals surface area contributed by atoms with Gasteiger partial charge in [-0.25, -0.2) is 4.39 Å². The second-order valence-corrected chi connectivity index (χ2v) is 4.33. The van der Waals surface area contributed by atoms with Gasteiger partial charge in [0.1, 0.15) is 5.82 Å². The number of benzene rings is 1. The second-order valence-electron chi connectivity index (χ2n) is 3.42. The molecule has 1 aromatic rings. The van der Waals surface area contributed by atoms with E-state index in [1.54, 1.807) is 12.1 Å². The maximum atomic E-state index is 13.3. The molecule has 0 fully saturated rings. The first-order valence-corrected chi connectivity index (χ1v) is 5.63. The fraction of sp³-hybridized carbons (Fsp3) is 0.455. The van der Waals surface area contributed by atoms with Gasteiger partial charge in [-0.15, -0.1) is 0 Å². The lowest BCUT2D eigenvalue weighted by Gasteiger charge is -2.12. The quantitative estimate of drug-likeness (QED) is 0.892. The van der Waals surface area contributed by atoms with Crippen LogP contribution >= 0.6 is 15.9 Å². The predicted octanol–water partition coefficient (Wildman–Crippen LogP) is 2.71. The van der Waals surface area contributed by atoms with Crippen LogP contribution in [0.1, 0.15) is 12.5 Å². The van der Waals surface area contributed by atoms with Gasteiger partial charge in [0.05, 0.1) is 12.7 Å². The minimum absolute atomic E-state index is 0.0772. The third-order valence-electron chi connectivity index (χ3n) is 2.02. The Bertz CT molecular complexity index is 319. The molecule has 1 N–H and O–H groups in total. The molecule has 0 bridgehead atoms. The Kier molecular flexibility index (Phi) is 5.22. The first-order valence-electron chi connectivity index (χ1n) is 4.83. The van der Waals surface area contributed by atoms with Crippen LogP contribution in [-0.4, -0.2) is 19.7 Å². The highest BCUT2D eigenvalue weighted by molar-refractivity contribution is 9.10. The summed E-state index contributed by atoms with van der Waals surface area (Å²) < 4.78 is 19.6. The molecule has 0 spiro atoms. The van der Waals surface area contributed by atoms with Gasteiger partial charge in [0.2, 0.25) is 0 Å². The smallest absolute Gasteiger partial charge is 0.128 e. The van der Waals surface area contributed by atoms with E-state index in [2.05, 4.69) is 21.2 Å². The predicted molar refractivity (Wildman–Crippen MR) is 62.3 cm³/mol. The summed E-state index contributed by atoms with van der Waals surface area (Å²) in [4.78, 5) is 0. The zero-order chi connectivity index (χ0) is 11.3. The van der Waals surface area contributed by atoms with Crippen molar-refractivity contribution in [2.75, 3.05) is 13.6 Å². The van der Waals surface area contributed by atoms with E-state index >= 15 is 0 Å². The Hall–Kier alpha value is -0.450. The average molecular weight is 276 g/mol. The summed E-state index contributed by atoms with van der Waals surface area (Å²) in [6, 6.07) is 4.85. The first-order chi connectivity index (χ1) is 7.13. The Labute approximate surface area is 98.0 Å². The van der Waals surface area contributed by atoms with Crippen LogP contribution in [-0.2, 0) is 11.3 Å². The third-order valence-corrected chi connectivity index (χ3v) is 2.52. The van der Waals surface area contributed by atoms with Gasteiger partial charge < -0.3 is 10.1 Å². The van der Waals surface area contributed by atoms with Crippen molar-refractivity contribution in [2.45, 2.75) is 19.6 Å². The average Bonchev–Trinajstić information content (AvgIpc) is 2.20. The van der Waals surface area contributed by atoms with Crippen LogP contribution in [0.25, 0.3) is 0 Å². The molecule has 0 heterocycles. The summed E-state index contributed by atoms with van der Waals surface area (Å²) in [5, 5.41) is 3.00. The van der Waals surface area contributed by atoms with Crippen LogP contribution < -0.4 is 5.32 Å². The third kappa shape index (κ3) is 4.28. The lowest BCUT2D eigenvalue weighted by molar-refractivity contribution is 0.0528. The van der Waals surface area contributed by atoms with Crippen molar-refractivity contribution in [1.29, 1.82) is 0 Å². The summed E-state index contributed by atoms with van der Waals surface area (Å²) >= 11 is 3.30. The number of hydrogen-bond acceptors (Lipinski definition) is 2. The Morgan fingerprint density at radius 3 is 2.93 bits per heavy atom. The van der Waals surface area contributed by atoms with Crippen LogP contribution in [0, 0.1) is 5.82 Å². The van der Waals surface area contributed by atoms with Crippen molar-refractivity contribution in [2.24, 2.45) is 0 Å². The molecule has 0 aliphatic carbocycles. The molecule has 1 atom stereocenters. The van der Waals surface area contributed by atoms with Crippen LogP contribution in [0.15, 0.2) is 22.7 Å². The molecule has 0 saturated heterocycles. The van der Waals surface area contributed by atoms with Crippen molar-refractivity contribution < 1.29 is 9.13 Å². The van der Waals surface area contributed by atoms with Crippen molar-refractivity contribution in [3.8, 4) is 0 Å². The lowest BCUT2D eigenvalue weighted by atomic mass is 10.2. The molecule has 0 aromatic heterocycles. The molecule has 4 heteroatoms. The largest absolute Gasteiger partial charge is 0.372 e. The highest BCUT2D eigenvalue weighted by Crippen LogP contribution is 2.16. The highest BCUT2D eigenvalue weighted by atomic mass is 79.9. The van der Waals surface area contributed by atoms with E-state index in [-0.39, 0.29) is 11.9 Å². The SMILES string of the molecule is CNCC(C)OCc1cc(Br)ccc1F. The monoisotopic (exact) mass is 275 g/mol. The summed E-state index contributed by atoms with van der Waals surface area (Å²) in [7, 11) is 1.86. The fourth-order valence-corrected chi connectivity index (χ4v) is 1.64. The van der Waals surface area contributed by atoms with Crippen LogP contribution in [0.5, 0.6) is 0 Å². The molecule has 0 aliphatic rings. The summed E-state index contributed by atoms with van der Waals surface area (Å²) in [5.41, 5.74) is 0.576. The molecule has 0 amide bonds. The van der Waals surface area contributed by atoms with E-state index in [9.17, 15) is 4.39 Å². The molecule has 0 radical (unpaired) electrons. The lowest BCUT2D eigenvalue weighted by Crippen LogP contribution is -2.23. The van der Waals surface area contributed by atoms with Crippen LogP contribution in [0.2, 0.25) is 0 Å². The van der Waals surface area contributed by atoms with E-state index in [0.29, 0.717) is 12.2 Å². The molecule has 15 heavy (non-hydrogen) atoms. The molecular weight excluding hydrogens is 261 g/mol. The number of hydrogen-bond donors (Lipinski definition) is 1. The summed E-state index contributed by atoms with van der Waals surface area (Å²) in [5.74, 6) is -0.227. The van der Waals surface area contributed by atoms with Gasteiger partial charge in [-0.2, -0.15) is 0 Å². The van der Waals surface area contributed by atoms with Crippen molar-refractivity contribution in [3.05, 3.63) is 34.1 Å². The number of nitrogens with one attached hydrogen (secondary N) is 1. The van der Waals surface area contributed by atoms with Crippen molar-refractivity contribution in [3.63, 3.8) is 0 Å². The van der Waals surface area contributed by atoms with Gasteiger partial charge in [-0.1, -0.05) is 15.9 Å². The Morgan fingerprint density at radius 2 is 2.27 bits per heavy atom. The van der Waals surface area contributed by atoms with E-state index < -0.39 is 0 Å². The van der Waals surface area contributed by atoms with Gasteiger partial charge in [0.25, 0.3) is 0 Å². The standard InChI is InChI=1S/C11H15BrFNO/c1-8(6-14-2)15-7-9-5-10(12)3-4-11(9)13/h3-5,8,14H,6-7H2,1-2H3. The number of ether oxygens (including phenoxy) is 1. The topological polar surface area (TPSA) is 21.3 Å². The van der Waals surface area contributed by atoms with E-state index in [1.807, 2.05) is 14.0 Å². The number of rotatable bonds is 5. The van der Waals surface area contributed by atoms with Gasteiger partial charge >= 0.3 is 0 Å². The Morgan fingerprint density at radius 1 is 1.53 bits per heavy atom. The molecular formula is C11H15BrFNO. The molecule has 2 nitrogen and oxygen atoms in total. The fourth-order valence-electron chi connectivity index (χ4n) is 1.23. The van der Waals surface area contributed by atoms with Crippen LogP contribution in [0.4, 0.5) is 4.39 Å². The van der Waals surface area contributed by atoms with E-state index in [4.69, 9.17) is 4.74 Å². The van der Waals surface area contributed by atoms with Gasteiger partial charge in [-0.05, 0) is 32.2 Å². The summed E-state index contributed by atoms with van der Waals surface area (Å²) in [6.07, 6.45) is 0.0772. The van der Waals surface area contributed by atoms with Crippen molar-refractivity contribution >= 4 is 15.9 Å². The van der Waals surface area contributed by atoms with E-state index in [0.717, 1.165) is 11.0 Å². The number of likely N-dealkylation sites (N-methyl/N-ethyl adjacent to an activating group) is 1. The normalized spacial score (nSPS) is 12.8. The molecule has 1 rings (SSSR count). The van der Waals surface area contributed by atoms with E-state index in [1.165, 1.54) is 6.07 Å². The molecule has 1 aromatic carbocycles. The summed E-state index contributed by atoms with van der Waals surface area (Å²) in [6.45, 7) is 3.01. The molecule has 0 saturated carbocycles. The molecule has 0 aliphatic heterocycles. The van der Waals surface area contributed by atoms with Gasteiger partial charge in [-0.3, -0.25) is 0 Å². The molecule has 84 valence electrons. The first kappa shape index (κ1) is 12.6. The van der Waals surface area contributed by atoms with Gasteiger partial charge in [0.15, 0.2) is 0 Å². The highest BCUT2D eigenvalue weighted by Gasteiger charge is 2.05. The maximum absolute atomic E-state index is 13.3. The minimum Gasteiger partial charge on any atom is -0.372 e. The zero-order valence-corrected chi connectivity index (χ0v) is 10.5. The second kappa shape index (κ2) is 6.20. The minimum atomic E-state index is -0.227. The van der Waals surface area contributed by atoms with Gasteiger partial charge in [0, 0.05) is 16.6 Å².